The first-order chi connectivity index (χ1) is 17.1. The Kier molecular flexibility index (Phi) is 7.71. The molecule has 9 nitrogen and oxygen atoms in total. The van der Waals surface area contributed by atoms with Gasteiger partial charge in [0.25, 0.3) is 11.8 Å². The van der Waals surface area contributed by atoms with E-state index in [9.17, 15) is 22.8 Å². The quantitative estimate of drug-likeness (QED) is 0.487. The molecule has 1 aliphatic rings. The molecule has 14 heteroatoms. The summed E-state index contributed by atoms with van der Waals surface area (Å²) in [5.74, 6) is -0.392. The molecular formula is C22H20ClF3N6O3S. The van der Waals surface area contributed by atoms with Gasteiger partial charge in [-0.1, -0.05) is 11.6 Å². The van der Waals surface area contributed by atoms with Gasteiger partial charge < -0.3 is 20.3 Å². The van der Waals surface area contributed by atoms with E-state index in [1.807, 2.05) is 4.90 Å². The Bertz CT molecular complexity index is 1280. The number of thiazole rings is 1. The van der Waals surface area contributed by atoms with Crippen LogP contribution in [0.5, 0.6) is 0 Å². The number of aromatic nitrogens is 3. The zero-order chi connectivity index (χ0) is 25.9. The molecule has 3 heterocycles. The number of carbonyl (C=O) groups is 2. The maximum absolute atomic E-state index is 13.1. The number of ether oxygens (including phenoxy) is 1. The summed E-state index contributed by atoms with van der Waals surface area (Å²) in [5, 5.41) is 5.09. The zero-order valence-corrected chi connectivity index (χ0v) is 20.4. The van der Waals surface area contributed by atoms with E-state index >= 15 is 0 Å². The van der Waals surface area contributed by atoms with E-state index in [1.165, 1.54) is 18.6 Å². The Labute approximate surface area is 212 Å². The van der Waals surface area contributed by atoms with Crippen LogP contribution in [0.1, 0.15) is 36.3 Å². The van der Waals surface area contributed by atoms with Crippen LogP contribution < -0.4 is 15.5 Å². The van der Waals surface area contributed by atoms with Crippen molar-refractivity contribution in [2.24, 2.45) is 0 Å². The molecule has 36 heavy (non-hydrogen) atoms. The highest BCUT2D eigenvalue weighted by Gasteiger charge is 2.33. The molecular weight excluding hydrogens is 521 g/mol. The van der Waals surface area contributed by atoms with E-state index in [0.29, 0.717) is 42.7 Å². The highest BCUT2D eigenvalue weighted by Crippen LogP contribution is 2.36. The third-order valence-electron chi connectivity index (χ3n) is 5.29. The number of rotatable bonds is 6. The summed E-state index contributed by atoms with van der Waals surface area (Å²) in [6.45, 7) is 4.28. The predicted octanol–water partition coefficient (Wildman–Crippen LogP) is 3.93. The lowest BCUT2D eigenvalue weighted by atomic mass is 10.2. The third kappa shape index (κ3) is 5.91. The molecule has 2 N–H and O–H groups in total. The smallest absolute Gasteiger partial charge is 0.378 e. The van der Waals surface area contributed by atoms with Crippen molar-refractivity contribution in [1.82, 2.24) is 20.3 Å². The number of alkyl halides is 3. The number of benzene rings is 1. The van der Waals surface area contributed by atoms with Gasteiger partial charge in [0.05, 0.1) is 36.5 Å². The summed E-state index contributed by atoms with van der Waals surface area (Å²) < 4.78 is 44.5. The van der Waals surface area contributed by atoms with E-state index in [0.717, 1.165) is 23.5 Å². The summed E-state index contributed by atoms with van der Waals surface area (Å²) in [6.07, 6.45) is -2.03. The number of hydrogen-bond acceptors (Lipinski definition) is 8. The normalized spacial score (nSPS) is 14.0. The van der Waals surface area contributed by atoms with Gasteiger partial charge in [0.2, 0.25) is 0 Å². The van der Waals surface area contributed by atoms with E-state index in [4.69, 9.17) is 16.3 Å². The first kappa shape index (κ1) is 25.8. The Balaban J connectivity index is 1.38. The number of halogens is 4. The molecule has 0 radical (unpaired) electrons. The Morgan fingerprint density at radius 3 is 2.64 bits per heavy atom. The maximum atomic E-state index is 13.1. The summed E-state index contributed by atoms with van der Waals surface area (Å²) in [6, 6.07) is 3.09. The number of amides is 2. The van der Waals surface area contributed by atoms with Gasteiger partial charge in [0.1, 0.15) is 27.7 Å². The lowest BCUT2D eigenvalue weighted by Gasteiger charge is -2.29. The molecule has 2 amide bonds. The molecule has 0 spiro atoms. The average Bonchev–Trinajstić information content (AvgIpc) is 3.33. The fourth-order valence-corrected chi connectivity index (χ4v) is 4.49. The highest BCUT2D eigenvalue weighted by molar-refractivity contribution is 7.13. The lowest BCUT2D eigenvalue weighted by molar-refractivity contribution is -0.137. The predicted molar refractivity (Wildman–Crippen MR) is 127 cm³/mol. The largest absolute Gasteiger partial charge is 0.417 e. The van der Waals surface area contributed by atoms with E-state index in [1.54, 1.807) is 6.92 Å². The molecule has 0 unspecified atom stereocenters. The fourth-order valence-electron chi connectivity index (χ4n) is 3.51. The Morgan fingerprint density at radius 2 is 1.92 bits per heavy atom. The maximum Gasteiger partial charge on any atom is 0.417 e. The fraction of sp³-hybridized carbons (Fsp3) is 0.318. The number of nitrogens with zero attached hydrogens (tertiary/aromatic N) is 4. The van der Waals surface area contributed by atoms with E-state index in [2.05, 4.69) is 25.6 Å². The van der Waals surface area contributed by atoms with Crippen molar-refractivity contribution in [1.29, 1.82) is 0 Å². The standard InChI is InChI=1S/C22H20ClF3N6O3S/c1-12-18(29-11-30-19(12)32-4-6-35-7-5-32)21(34)28-10-17-27-9-16(36-17)20(33)31-13-2-3-15(23)14(8-13)22(24,25)26/h2-3,8-9,11H,4-7,10H2,1H3,(H,28,34)(H,31,33). The summed E-state index contributed by atoms with van der Waals surface area (Å²) >= 11 is 6.61. The highest BCUT2D eigenvalue weighted by atomic mass is 35.5. The summed E-state index contributed by atoms with van der Waals surface area (Å²) in [4.78, 5) is 40.0. The van der Waals surface area contributed by atoms with Crippen molar-refractivity contribution >= 4 is 46.3 Å². The van der Waals surface area contributed by atoms with Crippen LogP contribution in [0.15, 0.2) is 30.7 Å². The Morgan fingerprint density at radius 1 is 1.17 bits per heavy atom. The summed E-state index contributed by atoms with van der Waals surface area (Å²) in [7, 11) is 0. The van der Waals surface area contributed by atoms with Crippen molar-refractivity contribution in [2.75, 3.05) is 36.5 Å². The minimum atomic E-state index is -4.65. The van der Waals surface area contributed by atoms with Crippen molar-refractivity contribution in [3.63, 3.8) is 0 Å². The molecule has 190 valence electrons. The van der Waals surface area contributed by atoms with Crippen LogP contribution in [0.4, 0.5) is 24.7 Å². The molecule has 0 bridgehead atoms. The van der Waals surface area contributed by atoms with Crippen molar-refractivity contribution in [3.05, 3.63) is 62.5 Å². The lowest BCUT2D eigenvalue weighted by Crippen LogP contribution is -2.37. The van der Waals surface area contributed by atoms with Gasteiger partial charge in [-0.25, -0.2) is 15.0 Å². The van der Waals surface area contributed by atoms with Gasteiger partial charge in [-0.15, -0.1) is 11.3 Å². The van der Waals surface area contributed by atoms with Gasteiger partial charge in [0.15, 0.2) is 0 Å². The molecule has 1 aromatic carbocycles. The van der Waals surface area contributed by atoms with Gasteiger partial charge in [-0.3, -0.25) is 9.59 Å². The van der Waals surface area contributed by atoms with Gasteiger partial charge in [-0.05, 0) is 25.1 Å². The number of nitrogens with one attached hydrogen (secondary N) is 2. The average molecular weight is 541 g/mol. The zero-order valence-electron chi connectivity index (χ0n) is 18.9. The van der Waals surface area contributed by atoms with Crippen molar-refractivity contribution in [3.8, 4) is 0 Å². The molecule has 4 rings (SSSR count). The number of carbonyl (C=O) groups excluding carboxylic acids is 2. The number of hydrogen-bond donors (Lipinski definition) is 2. The van der Waals surface area contributed by atoms with Gasteiger partial charge >= 0.3 is 6.18 Å². The molecule has 1 aliphatic heterocycles. The van der Waals surface area contributed by atoms with Crippen LogP contribution in [-0.2, 0) is 17.5 Å². The minimum absolute atomic E-state index is 0.0340. The number of morpholine rings is 1. The first-order valence-electron chi connectivity index (χ1n) is 10.7. The Hall–Kier alpha value is -3.29. The topological polar surface area (TPSA) is 109 Å². The van der Waals surface area contributed by atoms with Crippen molar-refractivity contribution in [2.45, 2.75) is 19.6 Å². The minimum Gasteiger partial charge on any atom is -0.378 e. The van der Waals surface area contributed by atoms with Crippen LogP contribution in [0.2, 0.25) is 5.02 Å². The van der Waals surface area contributed by atoms with Crippen LogP contribution >= 0.6 is 22.9 Å². The van der Waals surface area contributed by atoms with Gasteiger partial charge in [0, 0.05) is 24.3 Å². The molecule has 1 fully saturated rings. The monoisotopic (exact) mass is 540 g/mol. The second kappa shape index (κ2) is 10.8. The summed E-state index contributed by atoms with van der Waals surface area (Å²) in [5.41, 5.74) is -0.247. The van der Waals surface area contributed by atoms with Crippen LogP contribution in [0.25, 0.3) is 0 Å². The molecule has 0 atom stereocenters. The molecule has 0 aliphatic carbocycles. The van der Waals surface area contributed by atoms with Crippen molar-refractivity contribution < 1.29 is 27.5 Å². The van der Waals surface area contributed by atoms with Crippen LogP contribution in [-0.4, -0.2) is 53.1 Å². The SMILES string of the molecule is Cc1c(C(=O)NCc2ncc(C(=O)Nc3ccc(Cl)c(C(F)(F)F)c3)s2)ncnc1N1CCOCC1. The molecule has 2 aromatic heterocycles. The molecule has 3 aromatic rings. The first-order valence-corrected chi connectivity index (χ1v) is 11.9. The van der Waals surface area contributed by atoms with Crippen LogP contribution in [0.3, 0.4) is 0 Å². The number of anilines is 2. The molecule has 1 saturated heterocycles. The second-order valence-corrected chi connectivity index (χ2v) is 9.24. The van der Waals surface area contributed by atoms with Gasteiger partial charge in [-0.2, -0.15) is 13.2 Å². The van der Waals surface area contributed by atoms with Crippen LogP contribution in [0, 0.1) is 6.92 Å². The third-order valence-corrected chi connectivity index (χ3v) is 6.62. The molecule has 0 saturated carbocycles. The van der Waals surface area contributed by atoms with E-state index < -0.39 is 28.6 Å². The van der Waals surface area contributed by atoms with E-state index in [-0.39, 0.29) is 22.8 Å². The second-order valence-electron chi connectivity index (χ2n) is 7.72.